The fourth-order valence-corrected chi connectivity index (χ4v) is 4.38. The molecule has 1 aromatic heterocycles. The van der Waals surface area contributed by atoms with Crippen LogP contribution in [0.4, 0.5) is 0 Å². The molecule has 2 unspecified atom stereocenters. The molecule has 2 fully saturated rings. The van der Waals surface area contributed by atoms with Crippen molar-refractivity contribution in [2.45, 2.75) is 48.8 Å². The summed E-state index contributed by atoms with van der Waals surface area (Å²) in [5.41, 5.74) is 2.28. The molecule has 8 atom stereocenters. The number of hydrogen-bond acceptors (Lipinski definition) is 9. The monoisotopic (exact) mass is 450 g/mol. The zero-order chi connectivity index (χ0) is 20.7. The van der Waals surface area contributed by atoms with Crippen molar-refractivity contribution in [2.24, 2.45) is 0 Å². The van der Waals surface area contributed by atoms with Crippen molar-refractivity contribution < 1.29 is 38.5 Å². The second-order valence-corrected chi connectivity index (χ2v) is 7.40. The first-order valence-electron chi connectivity index (χ1n) is 8.94. The van der Waals surface area contributed by atoms with E-state index in [2.05, 4.69) is 9.97 Å². The molecule has 4 rings (SSSR count). The van der Waals surface area contributed by atoms with Gasteiger partial charge in [-0.1, -0.05) is 0 Å². The number of ether oxygens (including phenoxy) is 2. The van der Waals surface area contributed by atoms with Crippen molar-refractivity contribution in [3.63, 3.8) is 0 Å². The van der Waals surface area contributed by atoms with Gasteiger partial charge in [-0.3, -0.25) is 8.58 Å². The van der Waals surface area contributed by atoms with E-state index in [1.807, 2.05) is 0 Å². The van der Waals surface area contributed by atoms with Crippen LogP contribution in [0, 0.1) is 0 Å². The van der Waals surface area contributed by atoms with E-state index in [4.69, 9.17) is 41.8 Å². The fraction of sp³-hybridized carbons (Fsp3) is 0.588. The predicted octanol–water partition coefficient (Wildman–Crippen LogP) is 0.227. The van der Waals surface area contributed by atoms with Gasteiger partial charge in [0.2, 0.25) is 0 Å². The van der Waals surface area contributed by atoms with Crippen LogP contribution in [-0.4, -0.2) is 80.2 Å². The van der Waals surface area contributed by atoms with E-state index in [0.29, 0.717) is 22.2 Å². The van der Waals surface area contributed by atoms with Gasteiger partial charge in [0.15, 0.2) is 0 Å². The number of imidazole rings is 1. The Morgan fingerprint density at radius 2 is 1.45 bits per heavy atom. The molecule has 12 heteroatoms. The molecule has 0 bridgehead atoms. The van der Waals surface area contributed by atoms with Crippen LogP contribution in [0.2, 0.25) is 0 Å². The van der Waals surface area contributed by atoms with Crippen LogP contribution in [0.1, 0.15) is 23.3 Å². The van der Waals surface area contributed by atoms with Gasteiger partial charge in [-0.25, -0.2) is 4.98 Å². The number of aliphatic hydroxyl groups excluding tert-OH is 4. The molecular weight excluding hydrogens is 431 g/mol. The van der Waals surface area contributed by atoms with Crippen LogP contribution in [0.15, 0.2) is 18.5 Å². The number of nitrogens with zero attached hydrogens (tertiary/aromatic N) is 1. The minimum atomic E-state index is -1.18. The van der Waals surface area contributed by atoms with Crippen LogP contribution >= 0.6 is 23.7 Å². The van der Waals surface area contributed by atoms with E-state index in [9.17, 15) is 20.4 Å². The third kappa shape index (κ3) is 3.53. The third-order valence-corrected chi connectivity index (χ3v) is 5.89. The van der Waals surface area contributed by atoms with E-state index in [1.165, 1.54) is 6.33 Å². The molecule has 0 radical (unpaired) electrons. The lowest BCUT2D eigenvalue weighted by Crippen LogP contribution is -2.33. The molecule has 10 nitrogen and oxygen atoms in total. The highest BCUT2D eigenvalue weighted by Crippen LogP contribution is 2.44. The lowest BCUT2D eigenvalue weighted by atomic mass is 9.91. The maximum atomic E-state index is 10.4. The number of fused-ring (bicyclic) bond motifs is 1. The second kappa shape index (κ2) is 8.60. The van der Waals surface area contributed by atoms with E-state index >= 15 is 0 Å². The second-order valence-electron chi connectivity index (χ2n) is 7.04. The first-order valence-corrected chi connectivity index (χ1v) is 9.56. The summed E-state index contributed by atoms with van der Waals surface area (Å²) in [7, 11) is 0. The zero-order valence-corrected chi connectivity index (χ0v) is 16.4. The average molecular weight is 451 g/mol. The number of halogens is 2. The molecule has 2 aromatic rings. The average Bonchev–Trinajstić information content (AvgIpc) is 3.41. The highest BCUT2D eigenvalue weighted by molar-refractivity contribution is 6.07. The summed E-state index contributed by atoms with van der Waals surface area (Å²) in [4.78, 5) is 7.21. The zero-order valence-electron chi connectivity index (χ0n) is 14.9. The summed E-state index contributed by atoms with van der Waals surface area (Å²) in [5, 5.41) is 39.7. The molecule has 0 amide bonds. The lowest BCUT2D eigenvalue weighted by molar-refractivity contribution is -0.0300. The van der Waals surface area contributed by atoms with E-state index < -0.39 is 62.0 Å². The SMILES string of the molecule is OC[C@H]1OC(c2cc3nc[nH]c3cc2C2O[C@H](CO)[C@@H](O)[C@H]2OCl)[C@H](OCl)[C@@H]1O. The molecule has 3 heterocycles. The largest absolute Gasteiger partial charge is 0.394 e. The van der Waals surface area contributed by atoms with E-state index in [0.717, 1.165) is 0 Å². The van der Waals surface area contributed by atoms with Crippen LogP contribution in [-0.2, 0) is 18.1 Å². The Hall–Kier alpha value is -1.05. The Balaban J connectivity index is 1.82. The molecule has 0 aliphatic carbocycles. The van der Waals surface area contributed by atoms with Gasteiger partial charge < -0.3 is 34.9 Å². The summed E-state index contributed by atoms with van der Waals surface area (Å²) in [5.74, 6) is 0. The standard InChI is InChI=1S/C17H20Cl2N2O8/c18-28-16-12(24)10(3-22)26-14(16)6-1-8-9(21-5-20-8)2-7(6)15-17(29-19)13(25)11(4-23)27-15/h1-2,5,10-17,22-25H,3-4H2,(H,20,21)/t10-,11-,12-,13-,14?,15?,16-,17-/m1/s1. The number of H-pyrrole nitrogens is 1. The molecule has 1 aromatic carbocycles. The topological polar surface area (TPSA) is 147 Å². The number of rotatable bonds is 6. The minimum absolute atomic E-state index is 0.436. The summed E-state index contributed by atoms with van der Waals surface area (Å²) in [6.45, 7) is -0.873. The van der Waals surface area contributed by atoms with Gasteiger partial charge in [0.1, 0.15) is 48.8 Å². The van der Waals surface area contributed by atoms with Crippen molar-refractivity contribution in [3.05, 3.63) is 29.6 Å². The van der Waals surface area contributed by atoms with Gasteiger partial charge in [0, 0.05) is 0 Å². The summed E-state index contributed by atoms with van der Waals surface area (Å²) < 4.78 is 21.4. The third-order valence-electron chi connectivity index (χ3n) is 5.48. The minimum Gasteiger partial charge on any atom is -0.394 e. The molecule has 29 heavy (non-hydrogen) atoms. The predicted molar refractivity (Wildman–Crippen MR) is 99.0 cm³/mol. The quantitative estimate of drug-likeness (QED) is 0.417. The molecule has 2 aliphatic heterocycles. The Labute approximate surface area is 175 Å². The molecule has 2 saturated heterocycles. The van der Waals surface area contributed by atoms with Crippen molar-refractivity contribution in [1.29, 1.82) is 0 Å². The maximum absolute atomic E-state index is 10.4. The number of aromatic nitrogens is 2. The highest BCUT2D eigenvalue weighted by Gasteiger charge is 2.50. The van der Waals surface area contributed by atoms with Gasteiger partial charge in [-0.2, -0.15) is 0 Å². The number of nitrogens with one attached hydrogen (secondary N) is 1. The van der Waals surface area contributed by atoms with Crippen LogP contribution in [0.3, 0.4) is 0 Å². The van der Waals surface area contributed by atoms with Crippen molar-refractivity contribution in [2.75, 3.05) is 13.2 Å². The Bertz CT molecular complexity index is 788. The van der Waals surface area contributed by atoms with Crippen molar-refractivity contribution in [3.8, 4) is 0 Å². The lowest BCUT2D eigenvalue weighted by Gasteiger charge is -2.25. The van der Waals surface area contributed by atoms with E-state index in [1.54, 1.807) is 12.1 Å². The molecule has 0 saturated carbocycles. The Morgan fingerprint density at radius 1 is 0.931 bits per heavy atom. The summed E-state index contributed by atoms with van der Waals surface area (Å²) in [6.07, 6.45) is -6.37. The number of aliphatic hydroxyl groups is 4. The van der Waals surface area contributed by atoms with Gasteiger partial charge >= 0.3 is 0 Å². The first-order chi connectivity index (χ1) is 14.0. The normalized spacial score (nSPS) is 37.6. The highest BCUT2D eigenvalue weighted by atomic mass is 35.5. The van der Waals surface area contributed by atoms with Crippen molar-refractivity contribution >= 4 is 34.8 Å². The van der Waals surface area contributed by atoms with Gasteiger partial charge in [-0.15, -0.1) is 0 Å². The molecule has 2 aliphatic rings. The Morgan fingerprint density at radius 3 is 1.93 bits per heavy atom. The van der Waals surface area contributed by atoms with Gasteiger partial charge in [0.05, 0.1) is 54.3 Å². The summed E-state index contributed by atoms with van der Waals surface area (Å²) in [6, 6.07) is 3.43. The van der Waals surface area contributed by atoms with Crippen LogP contribution in [0.5, 0.6) is 0 Å². The molecule has 160 valence electrons. The number of hydrogen-bond donors (Lipinski definition) is 5. The van der Waals surface area contributed by atoms with Gasteiger partial charge in [-0.05, 0) is 23.3 Å². The van der Waals surface area contributed by atoms with E-state index in [-0.39, 0.29) is 0 Å². The van der Waals surface area contributed by atoms with Gasteiger partial charge in [0.25, 0.3) is 0 Å². The number of aromatic amines is 1. The summed E-state index contributed by atoms with van der Waals surface area (Å²) >= 11 is 11.2. The Kier molecular flexibility index (Phi) is 6.28. The van der Waals surface area contributed by atoms with Crippen molar-refractivity contribution in [1.82, 2.24) is 9.97 Å². The maximum Gasteiger partial charge on any atom is 0.138 e. The molecule has 5 N–H and O–H groups in total. The molecular formula is C17H20Cl2N2O8. The first kappa shape index (κ1) is 21.2. The van der Waals surface area contributed by atoms with Crippen LogP contribution < -0.4 is 0 Å². The molecule has 0 spiro atoms. The van der Waals surface area contributed by atoms with Crippen LogP contribution in [0.25, 0.3) is 11.0 Å². The smallest absolute Gasteiger partial charge is 0.138 e. The number of benzene rings is 1. The fourth-order valence-electron chi connectivity index (χ4n) is 3.98.